The number of rotatable bonds is 34. The van der Waals surface area contributed by atoms with E-state index in [9.17, 15) is 24.2 Å². The molecule has 3 N–H and O–H groups in total. The molecule has 3 atom stereocenters. The van der Waals surface area contributed by atoms with Crippen LogP contribution in [0.4, 0.5) is 0 Å². The Bertz CT molecular complexity index is 1080. The highest BCUT2D eigenvalue weighted by atomic mass is 31.2. The van der Waals surface area contributed by atoms with Gasteiger partial charge >= 0.3 is 19.8 Å². The maximum absolute atomic E-state index is 12.5. The molecule has 0 aromatic rings. The van der Waals surface area contributed by atoms with Crippen molar-refractivity contribution in [1.82, 2.24) is 0 Å². The van der Waals surface area contributed by atoms with Crippen molar-refractivity contribution in [3.63, 3.8) is 0 Å². The molecule has 0 aromatic carbocycles. The fourth-order valence-electron chi connectivity index (χ4n) is 4.49. The monoisotopic (exact) mass is 738 g/mol. The molecule has 0 aliphatic heterocycles. The number of allylic oxidation sites excluding steroid dienone is 12. The van der Waals surface area contributed by atoms with Crippen LogP contribution < -0.4 is 0 Å². The van der Waals surface area contributed by atoms with Crippen LogP contribution in [0.3, 0.4) is 0 Å². The average Bonchev–Trinajstić information content (AvgIpc) is 3.12. The van der Waals surface area contributed by atoms with Crippen molar-refractivity contribution >= 4 is 19.8 Å². The second-order valence-corrected chi connectivity index (χ2v) is 13.7. The number of carbonyl (C=O) groups is 2. The molecule has 0 amide bonds. The maximum atomic E-state index is 12.5. The third-order valence-electron chi connectivity index (χ3n) is 7.39. The summed E-state index contributed by atoms with van der Waals surface area (Å²) in [4.78, 5) is 34.7. The van der Waals surface area contributed by atoms with E-state index in [4.69, 9.17) is 19.1 Å². The normalized spacial score (nSPS) is 14.8. The first kappa shape index (κ1) is 48.4. The van der Waals surface area contributed by atoms with E-state index in [1.165, 1.54) is 32.1 Å². The van der Waals surface area contributed by atoms with Crippen molar-refractivity contribution in [2.75, 3.05) is 26.4 Å². The predicted molar refractivity (Wildman–Crippen MR) is 205 cm³/mol. The topological polar surface area (TPSA) is 149 Å². The van der Waals surface area contributed by atoms with E-state index in [1.807, 2.05) is 12.2 Å². The summed E-state index contributed by atoms with van der Waals surface area (Å²) in [6, 6.07) is 0. The smallest absolute Gasteiger partial charge is 0.462 e. The molecule has 0 bridgehead atoms. The summed E-state index contributed by atoms with van der Waals surface area (Å²) in [7, 11) is -4.63. The predicted octanol–water partition coefficient (Wildman–Crippen LogP) is 9.33. The van der Waals surface area contributed by atoms with E-state index >= 15 is 0 Å². The van der Waals surface area contributed by atoms with Gasteiger partial charge in [-0.05, 0) is 51.4 Å². The lowest BCUT2D eigenvalue weighted by molar-refractivity contribution is -0.161. The second-order valence-electron chi connectivity index (χ2n) is 12.2. The Balaban J connectivity index is 4.50. The average molecular weight is 739 g/mol. The minimum atomic E-state index is -4.63. The third-order valence-corrected chi connectivity index (χ3v) is 8.34. The Morgan fingerprint density at radius 2 is 1.08 bits per heavy atom. The van der Waals surface area contributed by atoms with Crippen LogP contribution in [0.5, 0.6) is 0 Å². The van der Waals surface area contributed by atoms with Gasteiger partial charge in [-0.15, -0.1) is 0 Å². The summed E-state index contributed by atoms with van der Waals surface area (Å²) in [6.07, 6.45) is 39.0. The summed E-state index contributed by atoms with van der Waals surface area (Å²) in [6.45, 7) is 2.12. The molecule has 0 saturated carbocycles. The van der Waals surface area contributed by atoms with Crippen LogP contribution in [0.25, 0.3) is 0 Å². The molecule has 0 fully saturated rings. The van der Waals surface area contributed by atoms with Gasteiger partial charge in [0.15, 0.2) is 6.10 Å². The molecule has 0 aliphatic rings. The van der Waals surface area contributed by atoms with Gasteiger partial charge < -0.3 is 24.6 Å². The largest absolute Gasteiger partial charge is 0.472 e. The summed E-state index contributed by atoms with van der Waals surface area (Å²) in [5, 5.41) is 18.2. The molecular weight excluding hydrogens is 671 g/mol. The number of phosphoric acid groups is 1. The molecule has 0 aromatic heterocycles. The van der Waals surface area contributed by atoms with Gasteiger partial charge in [0.2, 0.25) is 0 Å². The van der Waals surface area contributed by atoms with Gasteiger partial charge in [0.05, 0.1) is 19.8 Å². The van der Waals surface area contributed by atoms with Gasteiger partial charge in [0.1, 0.15) is 12.7 Å². The van der Waals surface area contributed by atoms with Crippen LogP contribution >= 0.6 is 7.82 Å². The number of aliphatic hydroxyl groups is 2. The minimum Gasteiger partial charge on any atom is -0.462 e. The highest BCUT2D eigenvalue weighted by Crippen LogP contribution is 2.43. The van der Waals surface area contributed by atoms with E-state index in [1.54, 1.807) is 0 Å². The number of aliphatic hydroxyl groups excluding tert-OH is 2. The zero-order valence-corrected chi connectivity index (χ0v) is 32.2. The molecular formula is C40H67O10P. The van der Waals surface area contributed by atoms with E-state index < -0.39 is 51.8 Å². The molecule has 0 rings (SSSR count). The van der Waals surface area contributed by atoms with Crippen molar-refractivity contribution in [2.24, 2.45) is 0 Å². The molecule has 10 nitrogen and oxygen atoms in total. The number of hydrogen-bond acceptors (Lipinski definition) is 9. The van der Waals surface area contributed by atoms with Crippen molar-refractivity contribution in [1.29, 1.82) is 0 Å². The highest BCUT2D eigenvalue weighted by Gasteiger charge is 2.27. The Kier molecular flexibility index (Phi) is 34.0. The number of esters is 2. The number of hydrogen-bond donors (Lipinski definition) is 3. The molecule has 51 heavy (non-hydrogen) atoms. The Hall–Kier alpha value is -2.59. The third kappa shape index (κ3) is 35.6. The van der Waals surface area contributed by atoms with E-state index in [0.717, 1.165) is 57.8 Å². The van der Waals surface area contributed by atoms with Gasteiger partial charge in [-0.1, -0.05) is 138 Å². The first-order valence-corrected chi connectivity index (χ1v) is 20.4. The van der Waals surface area contributed by atoms with Gasteiger partial charge in [0, 0.05) is 12.8 Å². The molecule has 292 valence electrons. The second kappa shape index (κ2) is 35.8. The molecule has 0 saturated heterocycles. The fraction of sp³-hybridized carbons (Fsp3) is 0.650. The standard InChI is InChI=1S/C40H67O10P/c1-3-5-7-9-11-13-14-15-16-17-18-19-20-21-22-24-26-28-30-32-40(44)50-38(36-49-51(45,46)48-34-37(42)33-41)35-47-39(43)31-29-27-25-23-12-10-8-6-4-2/h5,7,11,13,15-16,18-19,21-22,26,28,37-38,41-42H,3-4,6,8-10,12,14,17,20,23-25,27,29-36H2,1-2H3,(H,45,46)/b7-5-,13-11-,16-15-,19-18-,22-21-,28-26-. The summed E-state index contributed by atoms with van der Waals surface area (Å²) in [5.74, 6) is -1.03. The lowest BCUT2D eigenvalue weighted by Crippen LogP contribution is -2.29. The van der Waals surface area contributed by atoms with Crippen LogP contribution in [-0.2, 0) is 32.7 Å². The minimum absolute atomic E-state index is 0.0566. The Morgan fingerprint density at radius 1 is 0.608 bits per heavy atom. The van der Waals surface area contributed by atoms with E-state index in [-0.39, 0.29) is 19.4 Å². The zero-order valence-electron chi connectivity index (χ0n) is 31.3. The van der Waals surface area contributed by atoms with Crippen LogP contribution in [-0.4, -0.2) is 65.7 Å². The van der Waals surface area contributed by atoms with Gasteiger partial charge in [0.25, 0.3) is 0 Å². The summed E-state index contributed by atoms with van der Waals surface area (Å²) < 4.78 is 32.4. The number of carbonyl (C=O) groups excluding carboxylic acids is 2. The van der Waals surface area contributed by atoms with E-state index in [0.29, 0.717) is 12.8 Å². The lowest BCUT2D eigenvalue weighted by Gasteiger charge is -2.20. The summed E-state index contributed by atoms with van der Waals surface area (Å²) >= 11 is 0. The number of ether oxygens (including phenoxy) is 2. The summed E-state index contributed by atoms with van der Waals surface area (Å²) in [5.41, 5.74) is 0. The van der Waals surface area contributed by atoms with E-state index in [2.05, 4.69) is 79.1 Å². The maximum Gasteiger partial charge on any atom is 0.472 e. The molecule has 0 heterocycles. The van der Waals surface area contributed by atoms with Crippen LogP contribution in [0.2, 0.25) is 0 Å². The van der Waals surface area contributed by atoms with Crippen LogP contribution in [0.1, 0.15) is 129 Å². The first-order chi connectivity index (χ1) is 24.7. The molecule has 0 aliphatic carbocycles. The molecule has 0 spiro atoms. The molecule has 0 radical (unpaired) electrons. The fourth-order valence-corrected chi connectivity index (χ4v) is 5.28. The van der Waals surface area contributed by atoms with Crippen molar-refractivity contribution in [3.05, 3.63) is 72.9 Å². The van der Waals surface area contributed by atoms with Gasteiger partial charge in [-0.2, -0.15) is 0 Å². The van der Waals surface area contributed by atoms with Gasteiger partial charge in [-0.25, -0.2) is 4.57 Å². The van der Waals surface area contributed by atoms with Crippen molar-refractivity contribution in [3.8, 4) is 0 Å². The molecule has 3 unspecified atom stereocenters. The highest BCUT2D eigenvalue weighted by molar-refractivity contribution is 7.47. The quantitative estimate of drug-likeness (QED) is 0.0252. The lowest BCUT2D eigenvalue weighted by atomic mass is 10.1. The Morgan fingerprint density at radius 3 is 1.59 bits per heavy atom. The SMILES string of the molecule is CC/C=C\C/C=C\C/C=C\C/C=C\C/C=C\C/C=C\CCC(=O)OC(COC(=O)CCCCCCCCCCC)COP(=O)(O)OCC(O)CO. The van der Waals surface area contributed by atoms with Gasteiger partial charge in [-0.3, -0.25) is 18.6 Å². The number of phosphoric ester groups is 1. The van der Waals surface area contributed by atoms with Crippen LogP contribution in [0, 0.1) is 0 Å². The Labute approximate surface area is 308 Å². The first-order valence-electron chi connectivity index (χ1n) is 18.9. The van der Waals surface area contributed by atoms with Crippen LogP contribution in [0.15, 0.2) is 72.9 Å². The zero-order chi connectivity index (χ0) is 37.7. The molecule has 11 heteroatoms. The van der Waals surface area contributed by atoms with Crippen molar-refractivity contribution in [2.45, 2.75) is 142 Å². The number of unbranched alkanes of at least 4 members (excludes halogenated alkanes) is 8. The van der Waals surface area contributed by atoms with Crippen molar-refractivity contribution < 1.29 is 47.8 Å².